The Hall–Kier alpha value is -3.00. The van der Waals surface area contributed by atoms with Crippen molar-refractivity contribution in [3.8, 4) is 0 Å². The second kappa shape index (κ2) is 6.86. The first kappa shape index (κ1) is 16.8. The number of hydrogen-bond donors (Lipinski definition) is 2. The smallest absolute Gasteiger partial charge is 0.338 e. The van der Waals surface area contributed by atoms with Crippen molar-refractivity contribution in [2.45, 2.75) is 13.0 Å². The minimum absolute atomic E-state index is 0.303. The molecule has 2 aromatic carbocycles. The van der Waals surface area contributed by atoms with Gasteiger partial charge < -0.3 is 15.8 Å². The number of rotatable bonds is 4. The standard InChI is InChI=1S/C17H14FN3O3S/c1-9(15(22)20-12-5-3-11(18)4-6-12)24-16(23)10-2-7-13-14(8-10)25-17(19)21-13/h2-9H,1H3,(H2,19,21)(H,20,22)/t9-/m1/s1. The average molecular weight is 359 g/mol. The van der Waals surface area contributed by atoms with Crippen molar-refractivity contribution in [2.75, 3.05) is 11.1 Å². The van der Waals surface area contributed by atoms with Crippen LogP contribution in [0.4, 0.5) is 15.2 Å². The maximum absolute atomic E-state index is 12.9. The monoisotopic (exact) mass is 359 g/mol. The molecular weight excluding hydrogens is 345 g/mol. The number of nitrogen functional groups attached to an aromatic ring is 1. The van der Waals surface area contributed by atoms with Crippen LogP contribution >= 0.6 is 11.3 Å². The lowest BCUT2D eigenvalue weighted by molar-refractivity contribution is -0.123. The van der Waals surface area contributed by atoms with Crippen molar-refractivity contribution in [1.82, 2.24) is 4.98 Å². The van der Waals surface area contributed by atoms with Gasteiger partial charge in [-0.3, -0.25) is 4.79 Å². The number of nitrogens with one attached hydrogen (secondary N) is 1. The number of benzene rings is 2. The van der Waals surface area contributed by atoms with Gasteiger partial charge in [-0.2, -0.15) is 0 Å². The molecule has 1 atom stereocenters. The fourth-order valence-electron chi connectivity index (χ4n) is 2.13. The average Bonchev–Trinajstić information content (AvgIpc) is 2.95. The van der Waals surface area contributed by atoms with Gasteiger partial charge in [-0.25, -0.2) is 14.2 Å². The van der Waals surface area contributed by atoms with E-state index in [9.17, 15) is 14.0 Å². The predicted octanol–water partition coefficient (Wildman–Crippen LogP) is 3.20. The Morgan fingerprint density at radius 2 is 1.96 bits per heavy atom. The Kier molecular flexibility index (Phi) is 4.62. The Balaban J connectivity index is 1.65. The van der Waals surface area contributed by atoms with Crippen LogP contribution in [0.3, 0.4) is 0 Å². The van der Waals surface area contributed by atoms with E-state index in [1.165, 1.54) is 42.5 Å². The van der Waals surface area contributed by atoms with Crippen molar-refractivity contribution in [3.63, 3.8) is 0 Å². The van der Waals surface area contributed by atoms with Crippen LogP contribution in [0.1, 0.15) is 17.3 Å². The summed E-state index contributed by atoms with van der Waals surface area (Å²) in [5.74, 6) is -1.55. The van der Waals surface area contributed by atoms with Gasteiger partial charge in [0, 0.05) is 5.69 Å². The van der Waals surface area contributed by atoms with Crippen LogP contribution in [0.15, 0.2) is 42.5 Å². The molecule has 3 N–H and O–H groups in total. The molecule has 1 heterocycles. The number of ether oxygens (including phenoxy) is 1. The molecule has 0 aliphatic heterocycles. The number of amides is 1. The Labute approximate surface area is 146 Å². The molecule has 0 radical (unpaired) electrons. The lowest BCUT2D eigenvalue weighted by Crippen LogP contribution is -2.30. The van der Waals surface area contributed by atoms with Crippen LogP contribution in [-0.2, 0) is 9.53 Å². The van der Waals surface area contributed by atoms with Crippen molar-refractivity contribution in [3.05, 3.63) is 53.8 Å². The molecule has 8 heteroatoms. The molecular formula is C17H14FN3O3S. The van der Waals surface area contributed by atoms with E-state index >= 15 is 0 Å². The summed E-state index contributed by atoms with van der Waals surface area (Å²) in [6.45, 7) is 1.46. The van der Waals surface area contributed by atoms with Crippen LogP contribution < -0.4 is 11.1 Å². The maximum atomic E-state index is 12.9. The largest absolute Gasteiger partial charge is 0.449 e. The zero-order valence-electron chi connectivity index (χ0n) is 13.2. The number of esters is 1. The first-order chi connectivity index (χ1) is 11.9. The fourth-order valence-corrected chi connectivity index (χ4v) is 2.90. The molecule has 128 valence electrons. The molecule has 3 rings (SSSR count). The van der Waals surface area contributed by atoms with E-state index in [0.717, 1.165) is 4.70 Å². The van der Waals surface area contributed by atoms with Gasteiger partial charge in [-0.15, -0.1) is 0 Å². The maximum Gasteiger partial charge on any atom is 0.338 e. The number of carbonyl (C=O) groups excluding carboxylic acids is 2. The van der Waals surface area contributed by atoms with Gasteiger partial charge in [0.2, 0.25) is 0 Å². The van der Waals surface area contributed by atoms with Gasteiger partial charge in [0.25, 0.3) is 5.91 Å². The highest BCUT2D eigenvalue weighted by atomic mass is 32.1. The number of aromatic nitrogens is 1. The normalized spacial score (nSPS) is 11.9. The molecule has 0 fully saturated rings. The summed E-state index contributed by atoms with van der Waals surface area (Å²) in [4.78, 5) is 28.4. The van der Waals surface area contributed by atoms with Crippen molar-refractivity contribution >= 4 is 44.2 Å². The quantitative estimate of drug-likeness (QED) is 0.698. The molecule has 1 amide bonds. The van der Waals surface area contributed by atoms with Gasteiger partial charge in [-0.05, 0) is 49.4 Å². The zero-order chi connectivity index (χ0) is 18.0. The topological polar surface area (TPSA) is 94.3 Å². The molecule has 0 spiro atoms. The lowest BCUT2D eigenvalue weighted by Gasteiger charge is -2.13. The molecule has 0 aliphatic carbocycles. The first-order valence-electron chi connectivity index (χ1n) is 7.36. The summed E-state index contributed by atoms with van der Waals surface area (Å²) in [5, 5.41) is 2.96. The first-order valence-corrected chi connectivity index (χ1v) is 8.17. The Morgan fingerprint density at radius 3 is 2.68 bits per heavy atom. The van der Waals surface area contributed by atoms with E-state index in [1.807, 2.05) is 0 Å². The molecule has 0 saturated heterocycles. The Morgan fingerprint density at radius 1 is 1.24 bits per heavy atom. The minimum atomic E-state index is -1.01. The van der Waals surface area contributed by atoms with Gasteiger partial charge in [-0.1, -0.05) is 11.3 Å². The van der Waals surface area contributed by atoms with E-state index in [2.05, 4.69) is 10.3 Å². The minimum Gasteiger partial charge on any atom is -0.449 e. The van der Waals surface area contributed by atoms with E-state index < -0.39 is 23.8 Å². The molecule has 0 aliphatic rings. The van der Waals surface area contributed by atoms with Crippen molar-refractivity contribution in [2.24, 2.45) is 0 Å². The van der Waals surface area contributed by atoms with Crippen LogP contribution in [0.5, 0.6) is 0 Å². The number of halogens is 1. The lowest BCUT2D eigenvalue weighted by atomic mass is 10.2. The van der Waals surface area contributed by atoms with Gasteiger partial charge in [0.05, 0.1) is 15.8 Å². The zero-order valence-corrected chi connectivity index (χ0v) is 14.0. The molecule has 0 unspecified atom stereocenters. The molecule has 25 heavy (non-hydrogen) atoms. The summed E-state index contributed by atoms with van der Waals surface area (Å²) in [6.07, 6.45) is -1.01. The third-order valence-corrected chi connectivity index (χ3v) is 4.25. The number of fused-ring (bicyclic) bond motifs is 1. The number of carbonyl (C=O) groups is 2. The second-order valence-corrected chi connectivity index (χ2v) is 6.34. The predicted molar refractivity (Wildman–Crippen MR) is 93.9 cm³/mol. The van der Waals surface area contributed by atoms with E-state index in [-0.39, 0.29) is 0 Å². The molecule has 3 aromatic rings. The second-order valence-electron chi connectivity index (χ2n) is 5.28. The number of thiazole rings is 1. The summed E-state index contributed by atoms with van der Waals surface area (Å²) >= 11 is 1.26. The number of nitrogens with two attached hydrogens (primary N) is 1. The van der Waals surface area contributed by atoms with E-state index in [0.29, 0.717) is 21.9 Å². The Bertz CT molecular complexity index is 940. The highest BCUT2D eigenvalue weighted by Crippen LogP contribution is 2.25. The van der Waals surface area contributed by atoms with Gasteiger partial charge in [0.15, 0.2) is 11.2 Å². The molecule has 6 nitrogen and oxygen atoms in total. The third-order valence-electron chi connectivity index (χ3n) is 3.41. The van der Waals surface area contributed by atoms with Crippen LogP contribution in [0.2, 0.25) is 0 Å². The number of hydrogen-bond acceptors (Lipinski definition) is 6. The molecule has 0 bridgehead atoms. The molecule has 0 saturated carbocycles. The number of anilines is 2. The molecule has 1 aromatic heterocycles. The van der Waals surface area contributed by atoms with Gasteiger partial charge in [0.1, 0.15) is 5.82 Å². The summed E-state index contributed by atoms with van der Waals surface area (Å²) < 4.78 is 18.8. The number of nitrogens with zero attached hydrogens (tertiary/aromatic N) is 1. The highest BCUT2D eigenvalue weighted by Gasteiger charge is 2.19. The van der Waals surface area contributed by atoms with E-state index in [4.69, 9.17) is 10.5 Å². The SMILES string of the molecule is C[C@@H](OC(=O)c1ccc2nc(N)sc2c1)C(=O)Nc1ccc(F)cc1. The van der Waals surface area contributed by atoms with Crippen LogP contribution in [-0.4, -0.2) is 23.0 Å². The third kappa shape index (κ3) is 3.92. The van der Waals surface area contributed by atoms with Crippen LogP contribution in [0, 0.1) is 5.82 Å². The van der Waals surface area contributed by atoms with Crippen LogP contribution in [0.25, 0.3) is 10.2 Å². The highest BCUT2D eigenvalue weighted by molar-refractivity contribution is 7.22. The summed E-state index contributed by atoms with van der Waals surface area (Å²) in [7, 11) is 0. The van der Waals surface area contributed by atoms with E-state index in [1.54, 1.807) is 18.2 Å². The summed E-state index contributed by atoms with van der Waals surface area (Å²) in [5.41, 5.74) is 7.05. The van der Waals surface area contributed by atoms with Crippen molar-refractivity contribution < 1.29 is 18.7 Å². The fraction of sp³-hybridized carbons (Fsp3) is 0.118. The van der Waals surface area contributed by atoms with Crippen molar-refractivity contribution in [1.29, 1.82) is 0 Å². The summed E-state index contributed by atoms with van der Waals surface area (Å²) in [6, 6.07) is 10.1. The van der Waals surface area contributed by atoms with Gasteiger partial charge >= 0.3 is 5.97 Å².